The van der Waals surface area contributed by atoms with Gasteiger partial charge >= 0.3 is 0 Å². The molecule has 30 heavy (non-hydrogen) atoms. The first-order valence-corrected chi connectivity index (χ1v) is 11.2. The molecule has 0 nitrogen and oxygen atoms in total. The zero-order valence-corrected chi connectivity index (χ0v) is 20.2. The molecule has 3 aromatic rings. The summed E-state index contributed by atoms with van der Waals surface area (Å²) in [5, 5.41) is 0. The summed E-state index contributed by atoms with van der Waals surface area (Å²) in [5.74, 6) is 0. The van der Waals surface area contributed by atoms with Gasteiger partial charge in [-0.2, -0.15) is 0 Å². The Kier molecular flexibility index (Phi) is 4.59. The predicted molar refractivity (Wildman–Crippen MR) is 132 cm³/mol. The highest BCUT2D eigenvalue weighted by molar-refractivity contribution is 5.86. The number of rotatable bonds is 1. The first-order valence-electron chi connectivity index (χ1n) is 11.2. The summed E-state index contributed by atoms with van der Waals surface area (Å²) < 4.78 is 0. The lowest BCUT2D eigenvalue weighted by Crippen LogP contribution is -2.24. The first-order chi connectivity index (χ1) is 13.8. The molecule has 0 aromatic heterocycles. The van der Waals surface area contributed by atoms with Gasteiger partial charge in [-0.25, -0.2) is 0 Å². The molecule has 0 bridgehead atoms. The van der Waals surface area contributed by atoms with Crippen molar-refractivity contribution in [2.45, 2.75) is 78.6 Å². The molecule has 0 unspecified atom stereocenters. The van der Waals surface area contributed by atoms with E-state index in [2.05, 4.69) is 117 Å². The summed E-state index contributed by atoms with van der Waals surface area (Å²) >= 11 is 0. The van der Waals surface area contributed by atoms with E-state index in [9.17, 15) is 0 Å². The van der Waals surface area contributed by atoms with E-state index < -0.39 is 0 Å². The van der Waals surface area contributed by atoms with E-state index in [0.717, 1.165) is 0 Å². The van der Waals surface area contributed by atoms with Crippen LogP contribution >= 0.6 is 0 Å². The van der Waals surface area contributed by atoms with Crippen molar-refractivity contribution >= 4 is 0 Å². The van der Waals surface area contributed by atoms with Crippen LogP contribution in [0.15, 0.2) is 54.6 Å². The second kappa shape index (κ2) is 6.58. The summed E-state index contributed by atoms with van der Waals surface area (Å²) in [6.45, 7) is 21.0. The number of aryl methyl sites for hydroxylation is 1. The largest absolute Gasteiger partial charge is 0.0587 e. The Morgan fingerprint density at radius 1 is 0.633 bits per heavy atom. The molecule has 0 radical (unpaired) electrons. The fraction of sp³-hybridized carbons (Fsp3) is 0.400. The van der Waals surface area contributed by atoms with Crippen LogP contribution in [0, 0.1) is 6.92 Å². The summed E-state index contributed by atoms with van der Waals surface area (Å²) in [6.07, 6.45) is 0. The van der Waals surface area contributed by atoms with Crippen LogP contribution in [-0.2, 0) is 16.2 Å². The van der Waals surface area contributed by atoms with Gasteiger partial charge in [-0.3, -0.25) is 0 Å². The molecule has 0 heteroatoms. The number of benzene rings is 3. The highest BCUT2D eigenvalue weighted by Gasteiger charge is 2.40. The molecule has 0 heterocycles. The van der Waals surface area contributed by atoms with Crippen molar-refractivity contribution in [3.63, 3.8) is 0 Å². The van der Waals surface area contributed by atoms with Crippen LogP contribution in [0.1, 0.15) is 83.2 Å². The van der Waals surface area contributed by atoms with Crippen molar-refractivity contribution in [3.8, 4) is 22.3 Å². The van der Waals surface area contributed by atoms with Gasteiger partial charge in [0.2, 0.25) is 0 Å². The zero-order chi connectivity index (χ0) is 22.1. The fourth-order valence-corrected chi connectivity index (χ4v) is 4.92. The molecule has 156 valence electrons. The first kappa shape index (κ1) is 20.9. The maximum Gasteiger partial charge on any atom is 0.0161 e. The van der Waals surface area contributed by atoms with E-state index in [4.69, 9.17) is 0 Å². The fourth-order valence-electron chi connectivity index (χ4n) is 4.92. The average molecular weight is 397 g/mol. The number of hydrogen-bond donors (Lipinski definition) is 0. The van der Waals surface area contributed by atoms with Gasteiger partial charge in [0.05, 0.1) is 0 Å². The van der Waals surface area contributed by atoms with Gasteiger partial charge in [0.1, 0.15) is 0 Å². The molecular formula is C30H36. The Labute approximate surface area is 183 Å². The molecule has 0 aliphatic heterocycles. The summed E-state index contributed by atoms with van der Waals surface area (Å²) in [7, 11) is 0. The Morgan fingerprint density at radius 2 is 1.23 bits per heavy atom. The van der Waals surface area contributed by atoms with Crippen LogP contribution in [0.3, 0.4) is 0 Å². The van der Waals surface area contributed by atoms with Crippen molar-refractivity contribution < 1.29 is 0 Å². The van der Waals surface area contributed by atoms with Gasteiger partial charge < -0.3 is 0 Å². The zero-order valence-electron chi connectivity index (χ0n) is 20.2. The van der Waals surface area contributed by atoms with E-state index in [0.29, 0.717) is 0 Å². The minimum Gasteiger partial charge on any atom is -0.0587 e. The second-order valence-corrected chi connectivity index (χ2v) is 11.7. The molecule has 0 saturated carbocycles. The topological polar surface area (TPSA) is 0 Å². The standard InChI is InChI=1S/C30H36/c1-19-10-12-20(13-11-19)21-14-15-25-23(16-21)24-17-22(28(2,3)4)18-26(29(5,6)7)27(24)30(25,8)9/h10-18H,1-9H3. The molecule has 0 spiro atoms. The summed E-state index contributed by atoms with van der Waals surface area (Å²) in [4.78, 5) is 0. The summed E-state index contributed by atoms with van der Waals surface area (Å²) in [5.41, 5.74) is 12.8. The minimum atomic E-state index is 0.00942. The lowest BCUT2D eigenvalue weighted by atomic mass is 9.71. The normalized spacial score (nSPS) is 15.1. The second-order valence-electron chi connectivity index (χ2n) is 11.7. The molecule has 0 amide bonds. The van der Waals surface area contributed by atoms with Crippen molar-refractivity contribution in [1.82, 2.24) is 0 Å². The van der Waals surface area contributed by atoms with Gasteiger partial charge in [-0.15, -0.1) is 0 Å². The maximum absolute atomic E-state index is 2.48. The third-order valence-corrected chi connectivity index (χ3v) is 6.81. The Hall–Kier alpha value is -2.34. The SMILES string of the molecule is Cc1ccc(-c2ccc3c(c2)-c2cc(C(C)(C)C)cc(C(C)(C)C)c2C3(C)C)cc1. The summed E-state index contributed by atoms with van der Waals surface area (Å²) in [6, 6.07) is 20.9. The quantitative estimate of drug-likeness (QED) is 0.386. The van der Waals surface area contributed by atoms with Crippen LogP contribution in [0.4, 0.5) is 0 Å². The van der Waals surface area contributed by atoms with Crippen molar-refractivity contribution in [2.75, 3.05) is 0 Å². The molecular weight excluding hydrogens is 360 g/mol. The van der Waals surface area contributed by atoms with Gasteiger partial charge in [0, 0.05) is 5.41 Å². The Balaban J connectivity index is 2.02. The highest BCUT2D eigenvalue weighted by atomic mass is 14.4. The van der Waals surface area contributed by atoms with Crippen LogP contribution in [0.25, 0.3) is 22.3 Å². The predicted octanol–water partition coefficient (Wildman–Crippen LogP) is 8.56. The van der Waals surface area contributed by atoms with Crippen LogP contribution in [0.2, 0.25) is 0 Å². The molecule has 1 aliphatic rings. The average Bonchev–Trinajstić information content (AvgIpc) is 2.87. The van der Waals surface area contributed by atoms with Crippen LogP contribution < -0.4 is 0 Å². The monoisotopic (exact) mass is 396 g/mol. The van der Waals surface area contributed by atoms with Crippen molar-refractivity contribution in [1.29, 1.82) is 0 Å². The van der Waals surface area contributed by atoms with Gasteiger partial charge in [-0.1, -0.05) is 109 Å². The molecule has 4 rings (SSSR count). The molecule has 0 atom stereocenters. The lowest BCUT2D eigenvalue weighted by molar-refractivity contribution is 0.545. The van der Waals surface area contributed by atoms with Crippen molar-refractivity contribution in [3.05, 3.63) is 82.4 Å². The Bertz CT molecular complexity index is 1110. The number of hydrogen-bond acceptors (Lipinski definition) is 0. The van der Waals surface area contributed by atoms with E-state index in [1.54, 1.807) is 0 Å². The van der Waals surface area contributed by atoms with E-state index >= 15 is 0 Å². The molecule has 0 N–H and O–H groups in total. The lowest BCUT2D eigenvalue weighted by Gasteiger charge is -2.32. The minimum absolute atomic E-state index is 0.00942. The van der Waals surface area contributed by atoms with Crippen LogP contribution in [-0.4, -0.2) is 0 Å². The van der Waals surface area contributed by atoms with E-state index in [-0.39, 0.29) is 16.2 Å². The molecule has 0 saturated heterocycles. The maximum atomic E-state index is 2.48. The van der Waals surface area contributed by atoms with Gasteiger partial charge in [0.15, 0.2) is 0 Å². The molecule has 3 aromatic carbocycles. The van der Waals surface area contributed by atoms with E-state index in [1.165, 1.54) is 50.1 Å². The van der Waals surface area contributed by atoms with Gasteiger partial charge in [0.25, 0.3) is 0 Å². The van der Waals surface area contributed by atoms with E-state index in [1.807, 2.05) is 0 Å². The third-order valence-electron chi connectivity index (χ3n) is 6.81. The number of fused-ring (bicyclic) bond motifs is 3. The van der Waals surface area contributed by atoms with Crippen LogP contribution in [0.5, 0.6) is 0 Å². The smallest absolute Gasteiger partial charge is 0.0161 e. The van der Waals surface area contributed by atoms with Crippen molar-refractivity contribution in [2.24, 2.45) is 0 Å². The Morgan fingerprint density at radius 3 is 1.80 bits per heavy atom. The third kappa shape index (κ3) is 3.31. The van der Waals surface area contributed by atoms with Gasteiger partial charge in [-0.05, 0) is 68.3 Å². The highest BCUT2D eigenvalue weighted by Crippen LogP contribution is 2.53. The molecule has 0 fully saturated rings. The molecule has 1 aliphatic carbocycles.